The minimum Gasteiger partial charge on any atom is -0.356 e. The largest absolute Gasteiger partial charge is 0.356 e. The summed E-state index contributed by atoms with van der Waals surface area (Å²) in [4.78, 5) is 23.8. The van der Waals surface area contributed by atoms with E-state index in [1.165, 1.54) is 0 Å². The smallest absolute Gasteiger partial charge is 0.223 e. The fraction of sp³-hybridized carbons (Fsp3) is 0.500. The number of rotatable bonds is 8. The van der Waals surface area contributed by atoms with E-state index >= 15 is 0 Å². The normalized spacial score (nSPS) is 11.9. The van der Waals surface area contributed by atoms with Gasteiger partial charge in [-0.05, 0) is 25.3 Å². The summed E-state index contributed by atoms with van der Waals surface area (Å²) in [5.74, 6) is -0.0908. The maximum atomic E-state index is 12.0. The van der Waals surface area contributed by atoms with E-state index in [0.29, 0.717) is 25.8 Å². The molecule has 1 N–H and O–H groups in total. The van der Waals surface area contributed by atoms with Crippen LogP contribution in [-0.4, -0.2) is 18.2 Å². The van der Waals surface area contributed by atoms with Gasteiger partial charge in [0, 0.05) is 25.3 Å². The topological polar surface area (TPSA) is 46.2 Å². The average molecular weight is 261 g/mol. The molecule has 0 saturated heterocycles. The van der Waals surface area contributed by atoms with Gasteiger partial charge in [0.1, 0.15) is 5.78 Å². The first-order chi connectivity index (χ1) is 9.17. The maximum Gasteiger partial charge on any atom is 0.223 e. The number of Topliss-reactive ketones (excluding diaryl/α,β-unsaturated/α-hetero) is 1. The van der Waals surface area contributed by atoms with Crippen LogP contribution >= 0.6 is 0 Å². The van der Waals surface area contributed by atoms with Crippen LogP contribution in [0.4, 0.5) is 0 Å². The fourth-order valence-corrected chi connectivity index (χ4v) is 2.13. The van der Waals surface area contributed by atoms with Crippen molar-refractivity contribution in [3.63, 3.8) is 0 Å². The Hall–Kier alpha value is -1.64. The van der Waals surface area contributed by atoms with Gasteiger partial charge in [-0.3, -0.25) is 9.59 Å². The second kappa shape index (κ2) is 8.46. The summed E-state index contributed by atoms with van der Waals surface area (Å²) in [7, 11) is 0. The summed E-state index contributed by atoms with van der Waals surface area (Å²) in [6.45, 7) is 4.48. The van der Waals surface area contributed by atoms with Crippen LogP contribution in [0.3, 0.4) is 0 Å². The molecule has 1 aromatic rings. The summed E-state index contributed by atoms with van der Waals surface area (Å²) in [5, 5.41) is 2.82. The van der Waals surface area contributed by atoms with Crippen LogP contribution in [0, 0.1) is 5.92 Å². The molecule has 19 heavy (non-hydrogen) atoms. The van der Waals surface area contributed by atoms with Gasteiger partial charge in [-0.2, -0.15) is 0 Å². The third kappa shape index (κ3) is 5.69. The summed E-state index contributed by atoms with van der Waals surface area (Å²) in [6, 6.07) is 9.86. The van der Waals surface area contributed by atoms with Crippen molar-refractivity contribution in [2.45, 2.75) is 39.5 Å². The van der Waals surface area contributed by atoms with Crippen molar-refractivity contribution >= 4 is 11.7 Å². The highest BCUT2D eigenvalue weighted by Gasteiger charge is 2.21. The van der Waals surface area contributed by atoms with Crippen molar-refractivity contribution in [1.82, 2.24) is 5.32 Å². The van der Waals surface area contributed by atoms with Crippen LogP contribution in [0.15, 0.2) is 30.3 Å². The Kier molecular flexibility index (Phi) is 6.86. The van der Waals surface area contributed by atoms with Gasteiger partial charge >= 0.3 is 0 Å². The number of benzene rings is 1. The molecule has 0 aliphatic carbocycles. The lowest BCUT2D eigenvalue weighted by Gasteiger charge is -2.15. The highest BCUT2D eigenvalue weighted by molar-refractivity contribution is 5.86. The predicted octanol–water partition coefficient (Wildman–Crippen LogP) is 2.74. The molecule has 104 valence electrons. The summed E-state index contributed by atoms with van der Waals surface area (Å²) >= 11 is 0. The zero-order chi connectivity index (χ0) is 14.1. The van der Waals surface area contributed by atoms with Crippen molar-refractivity contribution < 1.29 is 9.59 Å². The van der Waals surface area contributed by atoms with Crippen LogP contribution in [0.1, 0.15) is 38.7 Å². The first kappa shape index (κ1) is 15.4. The molecule has 1 atom stereocenters. The van der Waals surface area contributed by atoms with Gasteiger partial charge in [-0.25, -0.2) is 0 Å². The minimum atomic E-state index is -0.249. The second-order valence-corrected chi connectivity index (χ2v) is 4.77. The van der Waals surface area contributed by atoms with Gasteiger partial charge in [-0.1, -0.05) is 37.3 Å². The molecular weight excluding hydrogens is 238 g/mol. The number of hydrogen-bond donors (Lipinski definition) is 1. The maximum absolute atomic E-state index is 12.0. The fourth-order valence-electron chi connectivity index (χ4n) is 2.13. The Morgan fingerprint density at radius 2 is 1.84 bits per heavy atom. The highest BCUT2D eigenvalue weighted by atomic mass is 16.2. The number of carbonyl (C=O) groups excluding carboxylic acids is 2. The summed E-state index contributed by atoms with van der Waals surface area (Å²) < 4.78 is 0. The number of nitrogens with one attached hydrogen (secondary N) is 1. The van der Waals surface area contributed by atoms with Crippen molar-refractivity contribution in [3.8, 4) is 0 Å². The third-order valence-corrected chi connectivity index (χ3v) is 3.05. The summed E-state index contributed by atoms with van der Waals surface area (Å²) in [5.41, 5.74) is 1.10. The zero-order valence-electron chi connectivity index (χ0n) is 11.8. The van der Waals surface area contributed by atoms with Crippen molar-refractivity contribution in [3.05, 3.63) is 35.9 Å². The van der Waals surface area contributed by atoms with Gasteiger partial charge in [0.2, 0.25) is 5.91 Å². The number of hydrogen-bond acceptors (Lipinski definition) is 2. The molecule has 0 aliphatic heterocycles. The van der Waals surface area contributed by atoms with E-state index in [9.17, 15) is 9.59 Å². The Balaban J connectivity index is 2.69. The lowest BCUT2D eigenvalue weighted by molar-refractivity contribution is -0.129. The van der Waals surface area contributed by atoms with Gasteiger partial charge in [0.15, 0.2) is 0 Å². The predicted molar refractivity (Wildman–Crippen MR) is 76.9 cm³/mol. The molecular formula is C16H23NO2. The van der Waals surface area contributed by atoms with E-state index in [0.717, 1.165) is 12.0 Å². The van der Waals surface area contributed by atoms with Crippen molar-refractivity contribution in [2.75, 3.05) is 6.54 Å². The van der Waals surface area contributed by atoms with Crippen LogP contribution in [0.5, 0.6) is 0 Å². The quantitative estimate of drug-likeness (QED) is 0.782. The number of carbonyl (C=O) groups is 2. The molecule has 0 radical (unpaired) electrons. The minimum absolute atomic E-state index is 0.0178. The van der Waals surface area contributed by atoms with E-state index in [-0.39, 0.29) is 17.6 Å². The molecule has 0 bridgehead atoms. The zero-order valence-corrected chi connectivity index (χ0v) is 11.8. The number of amides is 1. The van der Waals surface area contributed by atoms with Crippen LogP contribution in [0.25, 0.3) is 0 Å². The first-order valence-corrected chi connectivity index (χ1v) is 7.00. The third-order valence-electron chi connectivity index (χ3n) is 3.05. The van der Waals surface area contributed by atoms with E-state index in [1.807, 2.05) is 44.2 Å². The Bertz CT molecular complexity index is 400. The second-order valence-electron chi connectivity index (χ2n) is 4.77. The van der Waals surface area contributed by atoms with Crippen LogP contribution in [0.2, 0.25) is 0 Å². The molecule has 0 saturated carbocycles. The Morgan fingerprint density at radius 3 is 2.42 bits per heavy atom. The molecule has 1 unspecified atom stereocenters. The lowest BCUT2D eigenvalue weighted by atomic mass is 9.92. The number of ketones is 1. The standard InChI is InChI=1S/C16H23NO2/c1-3-8-15(18)12-14(16(19)17-4-2)11-13-9-6-5-7-10-13/h5-7,9-10,14H,3-4,8,11-12H2,1-2H3,(H,17,19). The Labute approximate surface area is 115 Å². The van der Waals surface area contributed by atoms with E-state index in [2.05, 4.69) is 5.32 Å². The highest BCUT2D eigenvalue weighted by Crippen LogP contribution is 2.14. The molecule has 0 heterocycles. The van der Waals surface area contributed by atoms with Crippen molar-refractivity contribution in [1.29, 1.82) is 0 Å². The molecule has 0 aliphatic rings. The van der Waals surface area contributed by atoms with E-state index < -0.39 is 0 Å². The van der Waals surface area contributed by atoms with Gasteiger partial charge < -0.3 is 5.32 Å². The molecule has 3 nitrogen and oxygen atoms in total. The van der Waals surface area contributed by atoms with E-state index in [1.54, 1.807) is 0 Å². The van der Waals surface area contributed by atoms with E-state index in [4.69, 9.17) is 0 Å². The molecule has 0 spiro atoms. The van der Waals surface area contributed by atoms with Crippen molar-refractivity contribution in [2.24, 2.45) is 5.92 Å². The van der Waals surface area contributed by atoms with Crippen LogP contribution in [-0.2, 0) is 16.0 Å². The first-order valence-electron chi connectivity index (χ1n) is 7.00. The molecule has 3 heteroatoms. The SMILES string of the molecule is CCCC(=O)CC(Cc1ccccc1)C(=O)NCC. The average Bonchev–Trinajstić information content (AvgIpc) is 2.40. The Morgan fingerprint density at radius 1 is 1.16 bits per heavy atom. The molecule has 1 rings (SSSR count). The molecule has 0 aromatic heterocycles. The molecule has 1 amide bonds. The molecule has 0 fully saturated rings. The summed E-state index contributed by atoms with van der Waals surface area (Å²) in [6.07, 6.45) is 2.37. The monoisotopic (exact) mass is 261 g/mol. The lowest BCUT2D eigenvalue weighted by Crippen LogP contribution is -2.33. The molecule has 1 aromatic carbocycles. The van der Waals surface area contributed by atoms with Gasteiger partial charge in [0.25, 0.3) is 0 Å². The van der Waals surface area contributed by atoms with Crippen LogP contribution < -0.4 is 5.32 Å². The van der Waals surface area contributed by atoms with Gasteiger partial charge in [-0.15, -0.1) is 0 Å². The van der Waals surface area contributed by atoms with Gasteiger partial charge in [0.05, 0.1) is 0 Å².